The number of aryl methyl sites for hydroxylation is 2. The zero-order valence-corrected chi connectivity index (χ0v) is 22.7. The summed E-state index contributed by atoms with van der Waals surface area (Å²) in [6.07, 6.45) is 2.73. The highest BCUT2D eigenvalue weighted by Gasteiger charge is 2.32. The lowest BCUT2D eigenvalue weighted by Crippen LogP contribution is -2.42. The van der Waals surface area contributed by atoms with E-state index in [1.807, 2.05) is 13.8 Å². The molecule has 0 amide bonds. The normalized spacial score (nSPS) is 17.7. The molecule has 0 unspecified atom stereocenters. The van der Waals surface area contributed by atoms with Crippen molar-refractivity contribution in [1.29, 1.82) is 0 Å². The molecule has 2 aromatic rings. The van der Waals surface area contributed by atoms with Crippen molar-refractivity contribution in [2.45, 2.75) is 44.6 Å². The Kier molecular flexibility index (Phi) is 8.80. The van der Waals surface area contributed by atoms with Crippen LogP contribution in [0.4, 0.5) is 0 Å². The SMILES string of the molecule is COc1cc2c(cc1OC)CN(CC1CCN(S(=O)(=O)c3cc(C)c(Cl)cc3C)CC1)CC2.Cl. The zero-order valence-electron chi connectivity index (χ0n) is 20.3. The lowest BCUT2D eigenvalue weighted by molar-refractivity contribution is 0.171. The number of hydrogen-bond acceptors (Lipinski definition) is 5. The van der Waals surface area contributed by atoms with Crippen molar-refractivity contribution in [1.82, 2.24) is 9.21 Å². The monoisotopic (exact) mass is 528 g/mol. The van der Waals surface area contributed by atoms with Crippen molar-refractivity contribution in [3.63, 3.8) is 0 Å². The fourth-order valence-corrected chi connectivity index (χ4v) is 6.95. The highest BCUT2D eigenvalue weighted by molar-refractivity contribution is 7.89. The van der Waals surface area contributed by atoms with Gasteiger partial charge in [0.15, 0.2) is 11.5 Å². The van der Waals surface area contributed by atoms with Gasteiger partial charge in [-0.25, -0.2) is 8.42 Å². The largest absolute Gasteiger partial charge is 0.493 e. The summed E-state index contributed by atoms with van der Waals surface area (Å²) in [7, 11) is -0.173. The molecule has 0 bridgehead atoms. The molecular formula is C25H34Cl2N2O4S. The quantitative estimate of drug-likeness (QED) is 0.535. The highest BCUT2D eigenvalue weighted by atomic mass is 35.5. The molecule has 2 heterocycles. The Balaban J connectivity index is 0.00000324. The molecule has 0 N–H and O–H groups in total. The molecule has 2 aromatic carbocycles. The van der Waals surface area contributed by atoms with Crippen LogP contribution in [0, 0.1) is 19.8 Å². The molecule has 4 rings (SSSR count). The molecule has 0 aliphatic carbocycles. The number of fused-ring (bicyclic) bond motifs is 1. The first-order valence-electron chi connectivity index (χ1n) is 11.5. The van der Waals surface area contributed by atoms with Crippen molar-refractivity contribution in [3.8, 4) is 11.5 Å². The summed E-state index contributed by atoms with van der Waals surface area (Å²) in [5.74, 6) is 2.04. The molecule has 0 atom stereocenters. The first kappa shape index (κ1) is 27.1. The van der Waals surface area contributed by atoms with Crippen LogP contribution in [-0.4, -0.2) is 58.0 Å². The van der Waals surface area contributed by atoms with Crippen molar-refractivity contribution in [2.24, 2.45) is 5.92 Å². The van der Waals surface area contributed by atoms with Gasteiger partial charge in [0, 0.05) is 37.7 Å². The predicted molar refractivity (Wildman–Crippen MR) is 138 cm³/mol. The van der Waals surface area contributed by atoms with E-state index in [-0.39, 0.29) is 12.4 Å². The van der Waals surface area contributed by atoms with E-state index in [0.29, 0.717) is 34.5 Å². The van der Waals surface area contributed by atoms with Crippen molar-refractivity contribution in [3.05, 3.63) is 51.5 Å². The lowest BCUT2D eigenvalue weighted by Gasteiger charge is -2.36. The summed E-state index contributed by atoms with van der Waals surface area (Å²) < 4.78 is 39.1. The summed E-state index contributed by atoms with van der Waals surface area (Å²) in [5.41, 5.74) is 4.09. The lowest BCUT2D eigenvalue weighted by atomic mass is 9.94. The molecule has 2 aliphatic rings. The molecule has 0 saturated carbocycles. The van der Waals surface area contributed by atoms with E-state index in [0.717, 1.165) is 56.0 Å². The van der Waals surface area contributed by atoms with Gasteiger partial charge in [0.2, 0.25) is 10.0 Å². The van der Waals surface area contributed by atoms with Gasteiger partial charge in [0.25, 0.3) is 0 Å². The Morgan fingerprint density at radius 2 is 1.56 bits per heavy atom. The van der Waals surface area contributed by atoms with E-state index in [9.17, 15) is 8.42 Å². The second-order valence-electron chi connectivity index (χ2n) is 9.18. The van der Waals surface area contributed by atoms with Crippen LogP contribution in [0.2, 0.25) is 5.02 Å². The predicted octanol–water partition coefficient (Wildman–Crippen LogP) is 4.85. The van der Waals surface area contributed by atoms with Crippen LogP contribution in [0.15, 0.2) is 29.2 Å². The number of ether oxygens (including phenoxy) is 2. The maximum Gasteiger partial charge on any atom is 0.243 e. The average Bonchev–Trinajstić information content (AvgIpc) is 2.80. The smallest absolute Gasteiger partial charge is 0.243 e. The van der Waals surface area contributed by atoms with Crippen LogP contribution in [0.5, 0.6) is 11.5 Å². The second-order valence-corrected chi connectivity index (χ2v) is 11.5. The van der Waals surface area contributed by atoms with E-state index < -0.39 is 10.0 Å². The van der Waals surface area contributed by atoms with E-state index in [2.05, 4.69) is 17.0 Å². The van der Waals surface area contributed by atoms with Gasteiger partial charge in [-0.15, -0.1) is 12.4 Å². The van der Waals surface area contributed by atoms with Gasteiger partial charge in [-0.3, -0.25) is 4.90 Å². The van der Waals surface area contributed by atoms with Crippen LogP contribution in [0.1, 0.15) is 35.1 Å². The molecular weight excluding hydrogens is 495 g/mol. The molecule has 34 heavy (non-hydrogen) atoms. The van der Waals surface area contributed by atoms with Crippen LogP contribution < -0.4 is 9.47 Å². The second kappa shape index (κ2) is 11.0. The highest BCUT2D eigenvalue weighted by Crippen LogP contribution is 2.34. The number of hydrogen-bond donors (Lipinski definition) is 0. The Morgan fingerprint density at radius 1 is 0.941 bits per heavy atom. The van der Waals surface area contributed by atoms with Crippen molar-refractivity contribution < 1.29 is 17.9 Å². The molecule has 0 radical (unpaired) electrons. The minimum atomic E-state index is -3.51. The van der Waals surface area contributed by atoms with E-state index in [1.165, 1.54) is 11.1 Å². The minimum absolute atomic E-state index is 0. The van der Waals surface area contributed by atoms with Gasteiger partial charge < -0.3 is 9.47 Å². The van der Waals surface area contributed by atoms with Crippen LogP contribution >= 0.6 is 24.0 Å². The van der Waals surface area contributed by atoms with Gasteiger partial charge in [-0.2, -0.15) is 4.31 Å². The third kappa shape index (κ3) is 5.49. The molecule has 6 nitrogen and oxygen atoms in total. The van der Waals surface area contributed by atoms with Crippen molar-refractivity contribution >= 4 is 34.0 Å². The molecule has 2 aliphatic heterocycles. The van der Waals surface area contributed by atoms with E-state index in [1.54, 1.807) is 30.7 Å². The van der Waals surface area contributed by atoms with Gasteiger partial charge in [-0.05, 0) is 85.5 Å². The minimum Gasteiger partial charge on any atom is -0.493 e. The molecule has 9 heteroatoms. The third-order valence-electron chi connectivity index (χ3n) is 6.96. The Morgan fingerprint density at radius 3 is 2.18 bits per heavy atom. The molecule has 0 aromatic heterocycles. The molecule has 188 valence electrons. The van der Waals surface area contributed by atoms with Gasteiger partial charge in [0.05, 0.1) is 19.1 Å². The average molecular weight is 530 g/mol. The van der Waals surface area contributed by atoms with Gasteiger partial charge in [-0.1, -0.05) is 11.6 Å². The van der Waals surface area contributed by atoms with Crippen LogP contribution in [-0.2, 0) is 23.0 Å². The van der Waals surface area contributed by atoms with Crippen molar-refractivity contribution in [2.75, 3.05) is 40.4 Å². The van der Waals surface area contributed by atoms with Gasteiger partial charge in [0.1, 0.15) is 0 Å². The number of halogens is 2. The number of sulfonamides is 1. The number of piperidine rings is 1. The fourth-order valence-electron chi connectivity index (χ4n) is 4.97. The molecule has 0 spiro atoms. The zero-order chi connectivity index (χ0) is 23.8. The summed E-state index contributed by atoms with van der Waals surface area (Å²) in [6.45, 7) is 7.65. The Bertz CT molecular complexity index is 1130. The third-order valence-corrected chi connectivity index (χ3v) is 9.41. The first-order valence-corrected chi connectivity index (χ1v) is 13.3. The maximum atomic E-state index is 13.3. The standard InChI is InChI=1S/C25H33ClN2O4S.ClH/c1-17-12-25(18(2)11-22(17)26)33(29,30)28-9-5-19(6-10-28)15-27-8-7-20-13-23(31-3)24(32-4)14-21(20)16-27;/h11-14,19H,5-10,15-16H2,1-4H3;1H. The first-order chi connectivity index (χ1) is 15.7. The number of rotatable bonds is 6. The van der Waals surface area contributed by atoms with Gasteiger partial charge >= 0.3 is 0 Å². The Hall–Kier alpha value is -1.51. The molecule has 1 saturated heterocycles. The topological polar surface area (TPSA) is 59.1 Å². The van der Waals surface area contributed by atoms with E-state index in [4.69, 9.17) is 21.1 Å². The summed E-state index contributed by atoms with van der Waals surface area (Å²) in [5, 5.41) is 0.601. The number of methoxy groups -OCH3 is 2. The summed E-state index contributed by atoms with van der Waals surface area (Å²) >= 11 is 6.17. The summed E-state index contributed by atoms with van der Waals surface area (Å²) in [6, 6.07) is 7.63. The molecule has 1 fully saturated rings. The summed E-state index contributed by atoms with van der Waals surface area (Å²) in [4.78, 5) is 2.86. The Labute approximate surface area is 214 Å². The number of nitrogens with zero attached hydrogens (tertiary/aromatic N) is 2. The van der Waals surface area contributed by atoms with Crippen LogP contribution in [0.3, 0.4) is 0 Å². The number of benzene rings is 2. The fraction of sp³-hybridized carbons (Fsp3) is 0.520. The van der Waals surface area contributed by atoms with Crippen LogP contribution in [0.25, 0.3) is 0 Å². The van der Waals surface area contributed by atoms with E-state index >= 15 is 0 Å². The maximum absolute atomic E-state index is 13.3.